The molecule has 252 valence electrons. The largest absolute Gasteiger partial charge is 0.460 e. The number of benzene rings is 2. The zero-order valence-electron chi connectivity index (χ0n) is 25.4. The van der Waals surface area contributed by atoms with Crippen LogP contribution in [0.5, 0.6) is 5.75 Å². The van der Waals surface area contributed by atoms with E-state index >= 15 is 0 Å². The molecule has 0 spiro atoms. The van der Waals surface area contributed by atoms with E-state index in [1.807, 2.05) is 19.9 Å². The monoisotopic (exact) mass is 736 g/mol. The average Bonchev–Trinajstić information content (AvgIpc) is 3.40. The van der Waals surface area contributed by atoms with Gasteiger partial charge in [-0.2, -0.15) is 5.09 Å². The Kier molecular flexibility index (Phi) is 12.4. The van der Waals surface area contributed by atoms with Crippen LogP contribution in [0, 0.1) is 16.0 Å². The Labute approximate surface area is 277 Å². The van der Waals surface area contributed by atoms with Crippen LogP contribution in [0.25, 0.3) is 6.08 Å². The number of aliphatic hydroxyl groups excluding tert-OH is 1. The third-order valence-corrected chi connectivity index (χ3v) is 8.80. The summed E-state index contributed by atoms with van der Waals surface area (Å²) >= 11 is 3.08. The van der Waals surface area contributed by atoms with E-state index in [0.717, 1.165) is 22.3 Å². The average molecular weight is 737 g/mol. The van der Waals surface area contributed by atoms with Crippen molar-refractivity contribution in [1.29, 1.82) is 0 Å². The molecule has 0 bridgehead atoms. The highest BCUT2D eigenvalue weighted by Gasteiger charge is 2.40. The number of ether oxygens (including phenoxy) is 2. The number of aromatic nitrogens is 2. The standard InChI is InChI=1S/C30H34BrN4O11P/c1-19(2)14-24(29(38)43-17-20-6-4-3-5-7-20)33-47(42,46-23-10-8-22(9-11-23)35(40)41)44-18-26-25(36)15-27(45-26)34-16-21(12-13-31)28(37)32-30(34)39/h3-13,16,19,24-27,36H,14-15,17-18H2,1-2H3,(H,33,42)(H,32,37,39)/t24-,25?,26+,27+,47?/m0/s1. The maximum Gasteiger partial charge on any atom is 0.459 e. The van der Waals surface area contributed by atoms with Gasteiger partial charge >= 0.3 is 19.4 Å². The highest BCUT2D eigenvalue weighted by atomic mass is 79.9. The van der Waals surface area contributed by atoms with Gasteiger partial charge in [-0.25, -0.2) is 9.36 Å². The predicted octanol–water partition coefficient (Wildman–Crippen LogP) is 4.41. The first-order valence-corrected chi connectivity index (χ1v) is 17.0. The number of rotatable bonds is 15. The molecule has 4 rings (SSSR count). The van der Waals surface area contributed by atoms with Crippen molar-refractivity contribution in [3.05, 3.63) is 108 Å². The molecular weight excluding hydrogens is 703 g/mol. The fraction of sp³-hybridized carbons (Fsp3) is 0.367. The SMILES string of the molecule is CC(C)C[C@H](NP(=O)(OC[C@H]1O[C@@H](n2cc(C=CBr)c(=O)[nH]c2=O)CC1O)Oc1ccc([N+](=O)[O-])cc1)C(=O)OCc1ccccc1. The van der Waals surface area contributed by atoms with Crippen LogP contribution in [0.3, 0.4) is 0 Å². The summed E-state index contributed by atoms with van der Waals surface area (Å²) in [7, 11) is -4.49. The van der Waals surface area contributed by atoms with Gasteiger partial charge in [0, 0.05) is 24.8 Å². The number of halogens is 1. The second-order valence-corrected chi connectivity index (χ2v) is 13.2. The van der Waals surface area contributed by atoms with Crippen LogP contribution < -0.4 is 20.9 Å². The molecule has 15 nitrogen and oxygen atoms in total. The van der Waals surface area contributed by atoms with E-state index in [-0.39, 0.29) is 42.4 Å². The summed E-state index contributed by atoms with van der Waals surface area (Å²) in [6.07, 6.45) is -0.495. The second kappa shape index (κ2) is 16.3. The third-order valence-electron chi connectivity index (χ3n) is 6.96. The number of esters is 1. The van der Waals surface area contributed by atoms with Gasteiger partial charge in [-0.1, -0.05) is 60.1 Å². The molecule has 1 aliphatic heterocycles. The molecule has 3 aromatic rings. The first-order chi connectivity index (χ1) is 22.4. The molecule has 17 heteroatoms. The molecule has 1 fully saturated rings. The fourth-order valence-corrected chi connectivity index (χ4v) is 6.46. The molecule has 0 radical (unpaired) electrons. The number of nitro groups is 1. The Hall–Kier alpha value is -3.92. The molecule has 5 atom stereocenters. The maximum absolute atomic E-state index is 14.3. The lowest BCUT2D eigenvalue weighted by Gasteiger charge is -2.26. The summed E-state index contributed by atoms with van der Waals surface area (Å²) in [6, 6.07) is 12.6. The van der Waals surface area contributed by atoms with Crippen LogP contribution in [0.15, 0.2) is 75.4 Å². The van der Waals surface area contributed by atoms with Gasteiger partial charge in [-0.05, 0) is 41.1 Å². The van der Waals surface area contributed by atoms with Crippen LogP contribution in [0.2, 0.25) is 0 Å². The van der Waals surface area contributed by atoms with Gasteiger partial charge in [0.05, 0.1) is 23.2 Å². The molecule has 0 amide bonds. The number of H-pyrrole nitrogens is 1. The van der Waals surface area contributed by atoms with Gasteiger partial charge in [0.15, 0.2) is 0 Å². The summed E-state index contributed by atoms with van der Waals surface area (Å²) in [4.78, 5) is 52.0. The number of carbonyl (C=O) groups is 1. The third kappa shape index (κ3) is 10.0. The summed E-state index contributed by atoms with van der Waals surface area (Å²) in [5, 5.41) is 24.6. The van der Waals surface area contributed by atoms with E-state index in [4.69, 9.17) is 18.5 Å². The first kappa shape index (κ1) is 35.9. The van der Waals surface area contributed by atoms with E-state index in [1.165, 1.54) is 29.4 Å². The number of aliphatic hydroxyl groups is 1. The summed E-state index contributed by atoms with van der Waals surface area (Å²) in [5.74, 6) is -0.850. The molecule has 2 aromatic carbocycles. The minimum atomic E-state index is -4.49. The van der Waals surface area contributed by atoms with Gasteiger partial charge in [0.25, 0.3) is 11.2 Å². The first-order valence-electron chi connectivity index (χ1n) is 14.5. The molecule has 47 heavy (non-hydrogen) atoms. The Morgan fingerprint density at radius 2 is 1.94 bits per heavy atom. The van der Waals surface area contributed by atoms with Crippen molar-refractivity contribution in [2.45, 2.75) is 57.8 Å². The number of hydrogen-bond acceptors (Lipinski definition) is 11. The van der Waals surface area contributed by atoms with Crippen LogP contribution in [0.4, 0.5) is 5.69 Å². The minimum Gasteiger partial charge on any atom is -0.460 e. The number of hydrogen-bond donors (Lipinski definition) is 3. The lowest BCUT2D eigenvalue weighted by atomic mass is 10.1. The topological polar surface area (TPSA) is 201 Å². The predicted molar refractivity (Wildman–Crippen MR) is 174 cm³/mol. The summed E-state index contributed by atoms with van der Waals surface area (Å²) < 4.78 is 38.1. The van der Waals surface area contributed by atoms with Gasteiger partial charge in [-0.3, -0.25) is 33.8 Å². The van der Waals surface area contributed by atoms with Crippen LogP contribution in [0.1, 0.15) is 44.0 Å². The highest BCUT2D eigenvalue weighted by Crippen LogP contribution is 2.46. The van der Waals surface area contributed by atoms with Crippen molar-refractivity contribution in [3.8, 4) is 5.75 Å². The van der Waals surface area contributed by atoms with Gasteiger partial charge in [0.2, 0.25) is 0 Å². The van der Waals surface area contributed by atoms with Crippen LogP contribution >= 0.6 is 23.7 Å². The minimum absolute atomic E-state index is 0.0366. The molecule has 2 heterocycles. The molecule has 1 saturated heterocycles. The van der Waals surface area contributed by atoms with Crippen molar-refractivity contribution in [3.63, 3.8) is 0 Å². The molecule has 3 N–H and O–H groups in total. The van der Waals surface area contributed by atoms with Gasteiger partial charge in [-0.15, -0.1) is 0 Å². The number of non-ortho nitro benzene ring substituents is 1. The maximum atomic E-state index is 14.3. The second-order valence-electron chi connectivity index (χ2n) is 11.0. The number of nitro benzene ring substituents is 1. The van der Waals surface area contributed by atoms with E-state index < -0.39 is 61.0 Å². The lowest BCUT2D eigenvalue weighted by molar-refractivity contribution is -0.384. The normalized spacial score (nSPS) is 19.8. The Bertz CT molecular complexity index is 1730. The molecule has 2 unspecified atom stereocenters. The van der Waals surface area contributed by atoms with Gasteiger partial charge in [0.1, 0.15) is 30.7 Å². The van der Waals surface area contributed by atoms with Crippen molar-refractivity contribution in [2.75, 3.05) is 6.61 Å². The van der Waals surface area contributed by atoms with Crippen LogP contribution in [-0.2, 0) is 30.0 Å². The van der Waals surface area contributed by atoms with E-state index in [2.05, 4.69) is 26.0 Å². The van der Waals surface area contributed by atoms with Crippen molar-refractivity contribution in [1.82, 2.24) is 14.6 Å². The quantitative estimate of drug-likeness (QED) is 0.0860. The Morgan fingerprint density at radius 1 is 1.23 bits per heavy atom. The molecule has 0 saturated carbocycles. The summed E-state index contributed by atoms with van der Waals surface area (Å²) in [6.45, 7) is 3.14. The van der Waals surface area contributed by atoms with Crippen molar-refractivity contribution >= 4 is 41.4 Å². The van der Waals surface area contributed by atoms with E-state index in [0.29, 0.717) is 0 Å². The zero-order chi connectivity index (χ0) is 34.1. The number of nitrogens with zero attached hydrogens (tertiary/aromatic N) is 2. The number of carbonyl (C=O) groups excluding carboxylic acids is 1. The van der Waals surface area contributed by atoms with Crippen molar-refractivity contribution < 1.29 is 37.9 Å². The van der Waals surface area contributed by atoms with Crippen LogP contribution in [-0.4, -0.2) is 50.4 Å². The zero-order valence-corrected chi connectivity index (χ0v) is 27.9. The lowest BCUT2D eigenvalue weighted by Crippen LogP contribution is -2.39. The molecule has 1 aromatic heterocycles. The van der Waals surface area contributed by atoms with Crippen molar-refractivity contribution in [2.24, 2.45) is 5.92 Å². The molecular formula is C30H34BrN4O11P. The number of nitrogens with one attached hydrogen (secondary N) is 2. The number of aromatic amines is 1. The van der Waals surface area contributed by atoms with E-state index in [9.17, 15) is 34.2 Å². The van der Waals surface area contributed by atoms with Gasteiger partial charge < -0.3 is 19.1 Å². The Balaban J connectivity index is 1.55. The summed E-state index contributed by atoms with van der Waals surface area (Å²) in [5.41, 5.74) is -0.720. The fourth-order valence-electron chi connectivity index (χ4n) is 4.66. The molecule has 0 aliphatic carbocycles. The highest BCUT2D eigenvalue weighted by molar-refractivity contribution is 9.11. The Morgan fingerprint density at radius 3 is 2.57 bits per heavy atom. The molecule has 1 aliphatic rings. The van der Waals surface area contributed by atoms with E-state index in [1.54, 1.807) is 24.3 Å². The smallest absolute Gasteiger partial charge is 0.459 e.